The number of aromatic nitrogens is 1. The van der Waals surface area contributed by atoms with Crippen LogP contribution in [0.25, 0.3) is 32.9 Å². The van der Waals surface area contributed by atoms with E-state index in [1.807, 2.05) is 0 Å². The first kappa shape index (κ1) is 21.0. The van der Waals surface area contributed by atoms with Crippen LogP contribution in [0.4, 0.5) is 0 Å². The molecule has 1 aliphatic rings. The van der Waals surface area contributed by atoms with Crippen molar-refractivity contribution in [3.8, 4) is 16.9 Å². The first-order chi connectivity index (χ1) is 15.8. The molecule has 5 rings (SSSR count). The van der Waals surface area contributed by atoms with Crippen LogP contribution in [0.3, 0.4) is 0 Å². The molecule has 3 aromatic carbocycles. The normalized spacial score (nSPS) is 14.9. The lowest BCUT2D eigenvalue weighted by Gasteiger charge is -2.26. The first-order valence-electron chi connectivity index (χ1n) is 11.8. The molecular weight excluding hydrogens is 396 g/mol. The van der Waals surface area contributed by atoms with Crippen molar-refractivity contribution in [1.29, 1.82) is 0 Å². The lowest BCUT2D eigenvalue weighted by atomic mass is 9.92. The van der Waals surface area contributed by atoms with Gasteiger partial charge in [0.05, 0.1) is 25.3 Å². The highest BCUT2D eigenvalue weighted by atomic mass is 16.5. The Bertz CT molecular complexity index is 1220. The van der Waals surface area contributed by atoms with Crippen molar-refractivity contribution in [3.63, 3.8) is 0 Å². The maximum atomic E-state index is 6.57. The van der Waals surface area contributed by atoms with Gasteiger partial charge in [0.1, 0.15) is 5.75 Å². The fraction of sp³-hybridized carbons (Fsp3) is 0.357. The summed E-state index contributed by atoms with van der Waals surface area (Å²) in [4.78, 5) is 6.12. The smallest absolute Gasteiger partial charge is 0.147 e. The minimum atomic E-state index is 0.714. The molecule has 1 fully saturated rings. The third kappa shape index (κ3) is 4.01. The molecule has 166 valence electrons. The van der Waals surface area contributed by atoms with Gasteiger partial charge in [0.25, 0.3) is 0 Å². The fourth-order valence-corrected chi connectivity index (χ4v) is 4.91. The van der Waals surface area contributed by atoms with Gasteiger partial charge < -0.3 is 14.5 Å². The Kier molecular flexibility index (Phi) is 6.15. The summed E-state index contributed by atoms with van der Waals surface area (Å²) < 4.78 is 12.0. The second-order valence-electron chi connectivity index (χ2n) is 8.65. The Balaban J connectivity index is 1.55. The summed E-state index contributed by atoms with van der Waals surface area (Å²) in [5, 5.41) is 2.48. The van der Waals surface area contributed by atoms with Crippen LogP contribution in [0.2, 0.25) is 0 Å². The predicted molar refractivity (Wildman–Crippen MR) is 133 cm³/mol. The van der Waals surface area contributed by atoms with E-state index >= 15 is 0 Å². The molecule has 0 unspecified atom stereocenters. The van der Waals surface area contributed by atoms with Gasteiger partial charge in [-0.1, -0.05) is 49.4 Å². The fourth-order valence-electron chi connectivity index (χ4n) is 4.91. The van der Waals surface area contributed by atoms with Crippen LogP contribution < -0.4 is 4.74 Å². The topological polar surface area (TPSA) is 37.5 Å². The van der Waals surface area contributed by atoms with Gasteiger partial charge in [-0.3, -0.25) is 4.90 Å². The number of nitrogens with zero attached hydrogens (tertiary/aromatic N) is 1. The number of rotatable bonds is 7. The van der Waals surface area contributed by atoms with E-state index < -0.39 is 0 Å². The zero-order valence-corrected chi connectivity index (χ0v) is 19.1. The highest BCUT2D eigenvalue weighted by molar-refractivity contribution is 6.11. The van der Waals surface area contributed by atoms with E-state index in [-0.39, 0.29) is 0 Å². The van der Waals surface area contributed by atoms with Gasteiger partial charge in [0, 0.05) is 41.5 Å². The van der Waals surface area contributed by atoms with E-state index in [2.05, 4.69) is 78.3 Å². The number of aryl methyl sites for hydroxylation is 1. The van der Waals surface area contributed by atoms with Crippen molar-refractivity contribution >= 4 is 21.8 Å². The van der Waals surface area contributed by atoms with E-state index in [0.29, 0.717) is 6.61 Å². The number of para-hydroxylation sites is 1. The number of fused-ring (bicyclic) bond motifs is 3. The van der Waals surface area contributed by atoms with Crippen LogP contribution in [0, 0.1) is 6.92 Å². The molecule has 4 aromatic rings. The van der Waals surface area contributed by atoms with E-state index in [9.17, 15) is 0 Å². The largest absolute Gasteiger partial charge is 0.491 e. The number of nitrogens with one attached hydrogen (secondary N) is 1. The van der Waals surface area contributed by atoms with Gasteiger partial charge in [-0.15, -0.1) is 0 Å². The van der Waals surface area contributed by atoms with Crippen LogP contribution in [0.1, 0.15) is 24.5 Å². The molecule has 0 aliphatic carbocycles. The van der Waals surface area contributed by atoms with Crippen molar-refractivity contribution in [2.45, 2.75) is 26.7 Å². The number of aromatic amines is 1. The summed E-state index contributed by atoms with van der Waals surface area (Å²) >= 11 is 0. The van der Waals surface area contributed by atoms with E-state index in [1.54, 1.807) is 0 Å². The monoisotopic (exact) mass is 428 g/mol. The molecule has 0 spiro atoms. The molecule has 2 heterocycles. The molecule has 1 aliphatic heterocycles. The van der Waals surface area contributed by atoms with Crippen molar-refractivity contribution in [1.82, 2.24) is 9.88 Å². The molecule has 4 nitrogen and oxygen atoms in total. The molecule has 0 bridgehead atoms. The third-order valence-electron chi connectivity index (χ3n) is 6.62. The molecule has 0 amide bonds. The molecule has 0 radical (unpaired) electrons. The Labute approximate surface area is 190 Å². The Hall–Kier alpha value is -2.82. The quantitative estimate of drug-likeness (QED) is 0.369. The third-order valence-corrected chi connectivity index (χ3v) is 6.62. The average molecular weight is 429 g/mol. The Morgan fingerprint density at radius 2 is 1.75 bits per heavy atom. The molecule has 32 heavy (non-hydrogen) atoms. The lowest BCUT2D eigenvalue weighted by molar-refractivity contribution is 0.0358. The van der Waals surface area contributed by atoms with E-state index in [4.69, 9.17) is 9.47 Å². The molecule has 1 aromatic heterocycles. The lowest BCUT2D eigenvalue weighted by Crippen LogP contribution is -2.37. The summed E-state index contributed by atoms with van der Waals surface area (Å²) in [5.41, 5.74) is 7.42. The van der Waals surface area contributed by atoms with Gasteiger partial charge in [-0.25, -0.2) is 0 Å². The average Bonchev–Trinajstić information content (AvgIpc) is 3.21. The highest BCUT2D eigenvalue weighted by Crippen LogP contribution is 2.41. The van der Waals surface area contributed by atoms with Gasteiger partial charge >= 0.3 is 0 Å². The van der Waals surface area contributed by atoms with Gasteiger partial charge in [-0.05, 0) is 48.6 Å². The Morgan fingerprint density at radius 1 is 0.969 bits per heavy atom. The minimum absolute atomic E-state index is 0.714. The summed E-state index contributed by atoms with van der Waals surface area (Å²) in [6, 6.07) is 19.6. The van der Waals surface area contributed by atoms with Crippen molar-refractivity contribution in [2.75, 3.05) is 39.5 Å². The predicted octanol–water partition coefficient (Wildman–Crippen LogP) is 5.96. The van der Waals surface area contributed by atoms with Crippen LogP contribution >= 0.6 is 0 Å². The van der Waals surface area contributed by atoms with Crippen LogP contribution in [-0.2, 0) is 11.2 Å². The maximum absolute atomic E-state index is 6.57. The van der Waals surface area contributed by atoms with Gasteiger partial charge in [0.15, 0.2) is 0 Å². The number of ether oxygens (including phenoxy) is 2. The SMILES string of the molecule is CCc1c(-c2ccccc2C)cc2c([nH]c3ccccc32)c1OCCCN1CCOCC1. The molecule has 1 N–H and O–H groups in total. The molecule has 0 saturated carbocycles. The van der Waals surface area contributed by atoms with Crippen molar-refractivity contribution in [3.05, 3.63) is 65.7 Å². The van der Waals surface area contributed by atoms with Crippen molar-refractivity contribution < 1.29 is 9.47 Å². The van der Waals surface area contributed by atoms with Crippen LogP contribution in [0.5, 0.6) is 5.75 Å². The zero-order valence-electron chi connectivity index (χ0n) is 19.1. The molecule has 1 saturated heterocycles. The number of benzene rings is 3. The van der Waals surface area contributed by atoms with Crippen LogP contribution in [-0.4, -0.2) is 49.3 Å². The zero-order chi connectivity index (χ0) is 21.9. The second-order valence-corrected chi connectivity index (χ2v) is 8.65. The minimum Gasteiger partial charge on any atom is -0.491 e. The van der Waals surface area contributed by atoms with Crippen molar-refractivity contribution in [2.24, 2.45) is 0 Å². The molecule has 0 atom stereocenters. The summed E-state index contributed by atoms with van der Waals surface area (Å²) in [6.45, 7) is 9.92. The second kappa shape index (κ2) is 9.35. The summed E-state index contributed by atoms with van der Waals surface area (Å²) in [5.74, 6) is 1.02. The number of hydrogen-bond acceptors (Lipinski definition) is 3. The first-order valence-corrected chi connectivity index (χ1v) is 11.8. The standard InChI is InChI=1S/C28H32N2O2/c1-3-21-24(22-10-5-4-9-20(22)2)19-25-23-11-6-7-12-26(23)29-27(25)28(21)32-16-8-13-30-14-17-31-18-15-30/h4-7,9-12,19,29H,3,8,13-18H2,1-2H3. The van der Waals surface area contributed by atoms with Gasteiger partial charge in [-0.2, -0.15) is 0 Å². The van der Waals surface area contributed by atoms with Crippen LogP contribution in [0.15, 0.2) is 54.6 Å². The summed E-state index contributed by atoms with van der Waals surface area (Å²) in [6.07, 6.45) is 1.94. The van der Waals surface area contributed by atoms with Gasteiger partial charge in [0.2, 0.25) is 0 Å². The van der Waals surface area contributed by atoms with E-state index in [0.717, 1.165) is 62.5 Å². The Morgan fingerprint density at radius 3 is 2.56 bits per heavy atom. The number of H-pyrrole nitrogens is 1. The summed E-state index contributed by atoms with van der Waals surface area (Å²) in [7, 11) is 0. The number of morpholine rings is 1. The number of hydrogen-bond donors (Lipinski definition) is 1. The molecular formula is C28H32N2O2. The maximum Gasteiger partial charge on any atom is 0.147 e. The highest BCUT2D eigenvalue weighted by Gasteiger charge is 2.19. The van der Waals surface area contributed by atoms with E-state index in [1.165, 1.54) is 33.0 Å². The molecule has 4 heteroatoms.